The Bertz CT molecular complexity index is 810. The molecule has 0 aliphatic rings. The first-order valence-electron chi connectivity index (χ1n) is 8.51. The van der Waals surface area contributed by atoms with E-state index in [1.807, 2.05) is 6.07 Å². The minimum Gasteiger partial charge on any atom is -0.444 e. The van der Waals surface area contributed by atoms with Crippen molar-refractivity contribution in [2.24, 2.45) is 0 Å². The third-order valence-corrected chi connectivity index (χ3v) is 3.81. The van der Waals surface area contributed by atoms with Crippen molar-refractivity contribution in [3.63, 3.8) is 0 Å². The first-order valence-corrected chi connectivity index (χ1v) is 8.51. The van der Waals surface area contributed by atoms with Gasteiger partial charge in [-0.05, 0) is 23.8 Å². The SMILES string of the molecule is C=CCN(CC=C)c1ccc(C(F)(F)F)cc1NC(=O)OCc1ccccc1. The predicted molar refractivity (Wildman–Crippen MR) is 104 cm³/mol. The summed E-state index contributed by atoms with van der Waals surface area (Å²) in [5.74, 6) is 0. The Morgan fingerprint density at radius 3 is 2.29 bits per heavy atom. The maximum Gasteiger partial charge on any atom is 0.416 e. The number of ether oxygens (including phenoxy) is 1. The zero-order valence-electron chi connectivity index (χ0n) is 15.2. The fraction of sp³-hybridized carbons (Fsp3) is 0.190. The predicted octanol–water partition coefficient (Wildman–Crippen LogP) is 5.63. The van der Waals surface area contributed by atoms with Gasteiger partial charge in [0.15, 0.2) is 0 Å². The minimum atomic E-state index is -4.54. The summed E-state index contributed by atoms with van der Waals surface area (Å²) in [6, 6.07) is 12.1. The third kappa shape index (κ3) is 5.90. The molecule has 0 saturated heterocycles. The van der Waals surface area contributed by atoms with E-state index >= 15 is 0 Å². The van der Waals surface area contributed by atoms with Crippen LogP contribution in [0.15, 0.2) is 73.8 Å². The largest absolute Gasteiger partial charge is 0.444 e. The molecule has 0 spiro atoms. The van der Waals surface area contributed by atoms with Crippen LogP contribution in [0.3, 0.4) is 0 Å². The first kappa shape index (κ1) is 21.1. The molecule has 0 saturated carbocycles. The number of carbonyl (C=O) groups excluding carboxylic acids is 1. The van der Waals surface area contributed by atoms with E-state index in [9.17, 15) is 18.0 Å². The standard InChI is InChI=1S/C21H21F3N2O2/c1-3-12-26(13-4-2)19-11-10-17(21(22,23)24)14-18(19)25-20(27)28-15-16-8-6-5-7-9-16/h3-11,14H,1-2,12-13,15H2,(H,25,27). The highest BCUT2D eigenvalue weighted by Crippen LogP contribution is 2.35. The molecule has 0 aliphatic carbocycles. The molecule has 0 heterocycles. The van der Waals surface area contributed by atoms with Crippen molar-refractivity contribution >= 4 is 17.5 Å². The van der Waals surface area contributed by atoms with Crippen molar-refractivity contribution in [3.05, 3.63) is 85.0 Å². The Labute approximate surface area is 161 Å². The van der Waals surface area contributed by atoms with E-state index in [2.05, 4.69) is 18.5 Å². The monoisotopic (exact) mass is 390 g/mol. The second-order valence-electron chi connectivity index (χ2n) is 5.90. The molecule has 7 heteroatoms. The molecular weight excluding hydrogens is 369 g/mol. The molecule has 1 amide bonds. The van der Waals surface area contributed by atoms with Gasteiger partial charge in [-0.25, -0.2) is 4.79 Å². The Balaban J connectivity index is 2.25. The number of hydrogen-bond acceptors (Lipinski definition) is 3. The third-order valence-electron chi connectivity index (χ3n) is 3.81. The van der Waals surface area contributed by atoms with E-state index in [0.717, 1.165) is 17.7 Å². The van der Waals surface area contributed by atoms with Crippen LogP contribution in [0.25, 0.3) is 0 Å². The molecule has 2 aromatic carbocycles. The van der Waals surface area contributed by atoms with Crippen molar-refractivity contribution in [2.75, 3.05) is 23.3 Å². The fourth-order valence-corrected chi connectivity index (χ4v) is 2.54. The number of benzene rings is 2. The molecule has 2 aromatic rings. The van der Waals surface area contributed by atoms with Gasteiger partial charge in [-0.1, -0.05) is 42.5 Å². The number of carbonyl (C=O) groups is 1. The summed E-state index contributed by atoms with van der Waals surface area (Å²) in [7, 11) is 0. The van der Waals surface area contributed by atoms with Crippen LogP contribution in [0.1, 0.15) is 11.1 Å². The second-order valence-corrected chi connectivity index (χ2v) is 5.90. The molecular formula is C21H21F3N2O2. The summed E-state index contributed by atoms with van der Waals surface area (Å²) in [6.07, 6.45) is -2.16. The highest BCUT2D eigenvalue weighted by Gasteiger charge is 2.31. The van der Waals surface area contributed by atoms with Gasteiger partial charge in [0, 0.05) is 13.1 Å². The van der Waals surface area contributed by atoms with Gasteiger partial charge in [-0.2, -0.15) is 13.2 Å². The van der Waals surface area contributed by atoms with Crippen LogP contribution in [0.4, 0.5) is 29.3 Å². The van der Waals surface area contributed by atoms with Gasteiger partial charge in [0.05, 0.1) is 16.9 Å². The molecule has 2 rings (SSSR count). The Morgan fingerprint density at radius 2 is 1.71 bits per heavy atom. The molecule has 0 fully saturated rings. The fourth-order valence-electron chi connectivity index (χ4n) is 2.54. The van der Waals surface area contributed by atoms with Crippen LogP contribution in [0, 0.1) is 0 Å². The maximum atomic E-state index is 13.1. The lowest BCUT2D eigenvalue weighted by Crippen LogP contribution is -2.25. The van der Waals surface area contributed by atoms with Gasteiger partial charge in [-0.3, -0.25) is 5.32 Å². The topological polar surface area (TPSA) is 41.6 Å². The summed E-state index contributed by atoms with van der Waals surface area (Å²) >= 11 is 0. The van der Waals surface area contributed by atoms with E-state index in [1.54, 1.807) is 41.3 Å². The van der Waals surface area contributed by atoms with Crippen LogP contribution in [-0.4, -0.2) is 19.2 Å². The number of alkyl halides is 3. The average molecular weight is 390 g/mol. The number of nitrogens with zero attached hydrogens (tertiary/aromatic N) is 1. The number of halogens is 3. The van der Waals surface area contributed by atoms with Gasteiger partial charge >= 0.3 is 12.3 Å². The van der Waals surface area contributed by atoms with Crippen molar-refractivity contribution < 1.29 is 22.7 Å². The lowest BCUT2D eigenvalue weighted by molar-refractivity contribution is -0.137. The molecule has 4 nitrogen and oxygen atoms in total. The van der Waals surface area contributed by atoms with Crippen LogP contribution in [-0.2, 0) is 17.5 Å². The molecule has 0 unspecified atom stereocenters. The lowest BCUT2D eigenvalue weighted by Gasteiger charge is -2.25. The zero-order chi connectivity index (χ0) is 20.6. The summed E-state index contributed by atoms with van der Waals surface area (Å²) in [5.41, 5.74) is 0.301. The van der Waals surface area contributed by atoms with Crippen LogP contribution >= 0.6 is 0 Å². The average Bonchev–Trinajstić information content (AvgIpc) is 2.66. The number of nitrogens with one attached hydrogen (secondary N) is 1. The van der Waals surface area contributed by atoms with E-state index in [4.69, 9.17) is 4.74 Å². The van der Waals surface area contributed by atoms with Gasteiger partial charge < -0.3 is 9.64 Å². The number of rotatable bonds is 8. The first-order chi connectivity index (χ1) is 13.3. The molecule has 0 bridgehead atoms. The van der Waals surface area contributed by atoms with E-state index in [-0.39, 0.29) is 12.3 Å². The smallest absolute Gasteiger partial charge is 0.416 e. The van der Waals surface area contributed by atoms with Crippen LogP contribution in [0.2, 0.25) is 0 Å². The molecule has 0 radical (unpaired) electrons. The molecule has 1 N–H and O–H groups in total. The molecule has 148 valence electrons. The minimum absolute atomic E-state index is 0.00316. The maximum absolute atomic E-state index is 13.1. The highest BCUT2D eigenvalue weighted by molar-refractivity contribution is 5.90. The van der Waals surface area contributed by atoms with E-state index < -0.39 is 17.8 Å². The summed E-state index contributed by atoms with van der Waals surface area (Å²) in [6.45, 7) is 8.04. The molecule has 28 heavy (non-hydrogen) atoms. The Kier molecular flexibility index (Phi) is 7.26. The lowest BCUT2D eigenvalue weighted by atomic mass is 10.1. The van der Waals surface area contributed by atoms with Gasteiger partial charge in [0.2, 0.25) is 0 Å². The van der Waals surface area contributed by atoms with Gasteiger partial charge in [0.1, 0.15) is 6.61 Å². The van der Waals surface area contributed by atoms with E-state index in [0.29, 0.717) is 18.8 Å². The number of amides is 1. The summed E-state index contributed by atoms with van der Waals surface area (Å²) < 4.78 is 44.5. The van der Waals surface area contributed by atoms with Crippen LogP contribution in [0.5, 0.6) is 0 Å². The van der Waals surface area contributed by atoms with Crippen LogP contribution < -0.4 is 10.2 Å². The van der Waals surface area contributed by atoms with Gasteiger partial charge in [0.25, 0.3) is 0 Å². The Hall–Kier alpha value is -3.22. The van der Waals surface area contributed by atoms with Crippen molar-refractivity contribution in [2.45, 2.75) is 12.8 Å². The second kappa shape index (κ2) is 9.64. The summed E-state index contributed by atoms with van der Waals surface area (Å²) in [5, 5.41) is 2.42. The number of hydrogen-bond donors (Lipinski definition) is 1. The molecule has 0 atom stereocenters. The highest BCUT2D eigenvalue weighted by atomic mass is 19.4. The van der Waals surface area contributed by atoms with Crippen molar-refractivity contribution in [3.8, 4) is 0 Å². The van der Waals surface area contributed by atoms with Gasteiger partial charge in [-0.15, -0.1) is 13.2 Å². The Morgan fingerprint density at radius 1 is 1.07 bits per heavy atom. The van der Waals surface area contributed by atoms with E-state index in [1.165, 1.54) is 6.07 Å². The molecule has 0 aliphatic heterocycles. The summed E-state index contributed by atoms with van der Waals surface area (Å²) in [4.78, 5) is 13.9. The number of anilines is 2. The normalized spacial score (nSPS) is 10.8. The molecule has 0 aromatic heterocycles. The van der Waals surface area contributed by atoms with Crippen molar-refractivity contribution in [1.82, 2.24) is 0 Å². The quantitative estimate of drug-likeness (QED) is 0.594. The van der Waals surface area contributed by atoms with Crippen molar-refractivity contribution in [1.29, 1.82) is 0 Å². The zero-order valence-corrected chi connectivity index (χ0v) is 15.2.